The monoisotopic (exact) mass is 265 g/mol. The number of rotatable bonds is 5. The summed E-state index contributed by atoms with van der Waals surface area (Å²) < 4.78 is 0. The molecule has 5 heteroatoms. The van der Waals surface area contributed by atoms with Gasteiger partial charge in [0.15, 0.2) is 0 Å². The van der Waals surface area contributed by atoms with Crippen molar-refractivity contribution in [2.24, 2.45) is 4.99 Å². The van der Waals surface area contributed by atoms with E-state index in [9.17, 15) is 9.59 Å². The van der Waals surface area contributed by atoms with Crippen LogP contribution in [0.5, 0.6) is 0 Å². The lowest BCUT2D eigenvalue weighted by molar-refractivity contribution is -0.121. The van der Waals surface area contributed by atoms with Crippen LogP contribution in [0.2, 0.25) is 0 Å². The topological polar surface area (TPSA) is 61.8 Å². The Labute approximate surface area is 115 Å². The van der Waals surface area contributed by atoms with E-state index < -0.39 is 0 Å². The highest BCUT2D eigenvalue weighted by atomic mass is 16.2. The second-order valence-electron chi connectivity index (χ2n) is 3.78. The Bertz CT molecular complexity index is 384. The van der Waals surface area contributed by atoms with Gasteiger partial charge in [-0.3, -0.25) is 14.5 Å². The highest BCUT2D eigenvalue weighted by Crippen LogP contribution is 2.11. The Morgan fingerprint density at radius 1 is 1.47 bits per heavy atom. The average molecular weight is 265 g/mol. The van der Waals surface area contributed by atoms with Gasteiger partial charge in [-0.1, -0.05) is 25.5 Å². The summed E-state index contributed by atoms with van der Waals surface area (Å²) in [5, 5.41) is 2.52. The average Bonchev–Trinajstić information content (AvgIpc) is 2.66. The van der Waals surface area contributed by atoms with Crippen LogP contribution in [-0.4, -0.2) is 37.0 Å². The summed E-state index contributed by atoms with van der Waals surface area (Å²) in [5.74, 6) is 0.475. The van der Waals surface area contributed by atoms with Gasteiger partial charge in [-0.05, 0) is 13.0 Å². The number of nitrogens with zero attached hydrogens (tertiary/aromatic N) is 2. The molecule has 2 amide bonds. The van der Waals surface area contributed by atoms with Gasteiger partial charge in [0.1, 0.15) is 5.82 Å². The number of hydrogen-bond donors (Lipinski definition) is 1. The highest BCUT2D eigenvalue weighted by Gasteiger charge is 2.09. The lowest BCUT2D eigenvalue weighted by Crippen LogP contribution is -2.27. The first-order valence-electron chi connectivity index (χ1n) is 6.50. The summed E-state index contributed by atoms with van der Waals surface area (Å²) >= 11 is 0. The lowest BCUT2D eigenvalue weighted by atomic mass is 10.2. The van der Waals surface area contributed by atoms with E-state index in [4.69, 9.17) is 0 Å². The summed E-state index contributed by atoms with van der Waals surface area (Å²) in [6.07, 6.45) is 7.23. The molecule has 5 nitrogen and oxygen atoms in total. The lowest BCUT2D eigenvalue weighted by Gasteiger charge is -2.16. The minimum Gasteiger partial charge on any atom is -0.359 e. The molecule has 0 aromatic carbocycles. The molecule has 0 saturated heterocycles. The molecule has 1 aliphatic heterocycles. The Hall–Kier alpha value is -1.91. The van der Waals surface area contributed by atoms with Gasteiger partial charge in [-0.25, -0.2) is 4.99 Å². The van der Waals surface area contributed by atoms with E-state index in [0.717, 1.165) is 6.42 Å². The predicted molar refractivity (Wildman–Crippen MR) is 77.8 cm³/mol. The van der Waals surface area contributed by atoms with Gasteiger partial charge >= 0.3 is 0 Å². The molecule has 1 heterocycles. The predicted octanol–water partition coefficient (Wildman–Crippen LogP) is 1.87. The molecule has 0 aliphatic carbocycles. The molecule has 0 bridgehead atoms. The van der Waals surface area contributed by atoms with Crippen LogP contribution in [0, 0.1) is 0 Å². The van der Waals surface area contributed by atoms with Crippen LogP contribution in [-0.2, 0) is 9.59 Å². The van der Waals surface area contributed by atoms with Crippen LogP contribution < -0.4 is 5.32 Å². The minimum absolute atomic E-state index is 0.0956. The van der Waals surface area contributed by atoms with Crippen molar-refractivity contribution in [2.75, 3.05) is 13.6 Å². The Morgan fingerprint density at radius 2 is 2.16 bits per heavy atom. The minimum atomic E-state index is -0.0956. The Morgan fingerprint density at radius 3 is 2.74 bits per heavy atom. The van der Waals surface area contributed by atoms with Crippen molar-refractivity contribution < 1.29 is 9.59 Å². The van der Waals surface area contributed by atoms with Crippen LogP contribution >= 0.6 is 0 Å². The molecular weight excluding hydrogens is 242 g/mol. The first-order valence-corrected chi connectivity index (χ1v) is 6.50. The van der Waals surface area contributed by atoms with E-state index in [1.54, 1.807) is 19.3 Å². The van der Waals surface area contributed by atoms with Crippen molar-refractivity contribution in [3.05, 3.63) is 23.5 Å². The molecule has 0 saturated carbocycles. The summed E-state index contributed by atoms with van der Waals surface area (Å²) in [5.41, 5.74) is 1.18. The van der Waals surface area contributed by atoms with Crippen LogP contribution in [0.15, 0.2) is 28.5 Å². The maximum absolute atomic E-state index is 11.1. The zero-order valence-electron chi connectivity index (χ0n) is 12.1. The summed E-state index contributed by atoms with van der Waals surface area (Å²) in [4.78, 5) is 27.7. The molecule has 0 atom stereocenters. The number of carbonyl (C=O) groups is 2. The van der Waals surface area contributed by atoms with Crippen LogP contribution in [0.3, 0.4) is 0 Å². The van der Waals surface area contributed by atoms with E-state index in [0.29, 0.717) is 18.8 Å². The molecule has 1 aliphatic rings. The molecule has 0 radical (unpaired) electrons. The van der Waals surface area contributed by atoms with E-state index in [1.165, 1.54) is 10.5 Å². The Balaban J connectivity index is 0.00000154. The SMILES string of the molecule is CC.CNC(=O)CCN(C=O)C1=CC=C(C)CC=N1. The smallest absolute Gasteiger partial charge is 0.221 e. The van der Waals surface area contributed by atoms with Crippen LogP contribution in [0.25, 0.3) is 0 Å². The van der Waals surface area contributed by atoms with E-state index in [2.05, 4.69) is 10.3 Å². The number of hydrogen-bond acceptors (Lipinski definition) is 3. The number of carbonyl (C=O) groups excluding carboxylic acids is 2. The van der Waals surface area contributed by atoms with Crippen molar-refractivity contribution in [1.29, 1.82) is 0 Å². The normalized spacial score (nSPS) is 13.3. The fraction of sp³-hybridized carbons (Fsp3) is 0.500. The van der Waals surface area contributed by atoms with Gasteiger partial charge in [-0.2, -0.15) is 0 Å². The fourth-order valence-corrected chi connectivity index (χ4v) is 1.35. The number of allylic oxidation sites excluding steroid dienone is 3. The van der Waals surface area contributed by atoms with Crippen molar-refractivity contribution in [2.45, 2.75) is 33.6 Å². The molecule has 0 fully saturated rings. The fourth-order valence-electron chi connectivity index (χ4n) is 1.35. The van der Waals surface area contributed by atoms with Gasteiger partial charge in [0.25, 0.3) is 0 Å². The molecule has 106 valence electrons. The highest BCUT2D eigenvalue weighted by molar-refractivity contribution is 5.76. The van der Waals surface area contributed by atoms with Crippen LogP contribution in [0.1, 0.15) is 33.6 Å². The van der Waals surface area contributed by atoms with E-state index in [1.807, 2.05) is 26.8 Å². The van der Waals surface area contributed by atoms with Crippen molar-refractivity contribution in [3.8, 4) is 0 Å². The van der Waals surface area contributed by atoms with Crippen LogP contribution in [0.4, 0.5) is 0 Å². The zero-order chi connectivity index (χ0) is 14.7. The largest absolute Gasteiger partial charge is 0.359 e. The van der Waals surface area contributed by atoms with Gasteiger partial charge in [-0.15, -0.1) is 0 Å². The second kappa shape index (κ2) is 10.1. The summed E-state index contributed by atoms with van der Waals surface area (Å²) in [6.45, 7) is 6.33. The summed E-state index contributed by atoms with van der Waals surface area (Å²) in [6, 6.07) is 0. The summed E-state index contributed by atoms with van der Waals surface area (Å²) in [7, 11) is 1.57. The first kappa shape index (κ1) is 17.1. The van der Waals surface area contributed by atoms with Crippen molar-refractivity contribution in [1.82, 2.24) is 10.2 Å². The molecule has 0 unspecified atom stereocenters. The van der Waals surface area contributed by atoms with Gasteiger partial charge in [0, 0.05) is 32.6 Å². The molecule has 1 rings (SSSR count). The van der Waals surface area contributed by atoms with E-state index in [-0.39, 0.29) is 12.3 Å². The number of amides is 2. The Kier molecular flexibility index (Phi) is 9.04. The van der Waals surface area contributed by atoms with Gasteiger partial charge in [0.2, 0.25) is 12.3 Å². The van der Waals surface area contributed by atoms with Gasteiger partial charge in [0.05, 0.1) is 0 Å². The molecule has 0 aromatic rings. The molecule has 1 N–H and O–H groups in total. The molecule has 0 aromatic heterocycles. The number of nitrogens with one attached hydrogen (secondary N) is 1. The van der Waals surface area contributed by atoms with Crippen molar-refractivity contribution in [3.63, 3.8) is 0 Å². The molecule has 19 heavy (non-hydrogen) atoms. The standard InChI is InChI=1S/C12H17N3O2.C2H6/c1-10-3-4-11(14-7-5-10)15(9-16)8-6-12(17)13-2;1-2/h3-4,7,9H,5-6,8H2,1-2H3,(H,13,17);1-2H3. The second-order valence-corrected chi connectivity index (χ2v) is 3.78. The molecule has 0 spiro atoms. The third-order valence-electron chi connectivity index (χ3n) is 2.43. The van der Waals surface area contributed by atoms with E-state index >= 15 is 0 Å². The van der Waals surface area contributed by atoms with Gasteiger partial charge < -0.3 is 5.32 Å². The third kappa shape index (κ3) is 6.55. The maximum atomic E-state index is 11.1. The maximum Gasteiger partial charge on any atom is 0.221 e. The quantitative estimate of drug-likeness (QED) is 0.771. The number of aliphatic imine (C=N–C) groups is 1. The third-order valence-corrected chi connectivity index (χ3v) is 2.43. The molecular formula is C14H23N3O2. The first-order chi connectivity index (χ1) is 9.17. The van der Waals surface area contributed by atoms with Crippen molar-refractivity contribution >= 4 is 18.5 Å². The zero-order valence-corrected chi connectivity index (χ0v) is 12.1.